The molecule has 1 aromatic carbocycles. The van der Waals surface area contributed by atoms with Crippen molar-refractivity contribution in [2.45, 2.75) is 6.04 Å². The Morgan fingerprint density at radius 2 is 2.17 bits per heavy atom. The van der Waals surface area contributed by atoms with Crippen LogP contribution in [-0.4, -0.2) is 44.7 Å². The van der Waals surface area contributed by atoms with Crippen LogP contribution in [0.1, 0.15) is 11.6 Å². The molecule has 1 aromatic rings. The number of methoxy groups -OCH3 is 1. The van der Waals surface area contributed by atoms with E-state index in [1.165, 1.54) is 0 Å². The van der Waals surface area contributed by atoms with Gasteiger partial charge in [-0.2, -0.15) is 0 Å². The maximum atomic E-state index is 6.22. The Morgan fingerprint density at radius 1 is 1.44 bits per heavy atom. The zero-order valence-corrected chi connectivity index (χ0v) is 11.4. The first-order valence-corrected chi connectivity index (χ1v) is 6.60. The molecule has 1 aliphatic heterocycles. The normalized spacial score (nSPS) is 18.6. The molecule has 1 heterocycles. The van der Waals surface area contributed by atoms with Crippen LogP contribution in [0, 0.1) is 0 Å². The molecular weight excluding hydrogens is 250 g/mol. The van der Waals surface area contributed by atoms with Crippen molar-refractivity contribution in [3.8, 4) is 5.75 Å². The van der Waals surface area contributed by atoms with E-state index < -0.39 is 0 Å². The van der Waals surface area contributed by atoms with Gasteiger partial charge in [0.15, 0.2) is 0 Å². The highest BCUT2D eigenvalue weighted by Gasteiger charge is 2.15. The smallest absolute Gasteiger partial charge is 0.137 e. The fraction of sp³-hybridized carbons (Fsp3) is 0.538. The van der Waals surface area contributed by atoms with Crippen molar-refractivity contribution >= 4 is 11.6 Å². The van der Waals surface area contributed by atoms with Crippen LogP contribution in [-0.2, 0) is 0 Å². The highest BCUT2D eigenvalue weighted by molar-refractivity contribution is 6.32. The molecule has 1 fully saturated rings. The molecule has 5 heteroatoms. The van der Waals surface area contributed by atoms with Gasteiger partial charge in [0.2, 0.25) is 0 Å². The summed E-state index contributed by atoms with van der Waals surface area (Å²) in [6.07, 6.45) is 0. The van der Waals surface area contributed by atoms with E-state index in [9.17, 15) is 0 Å². The van der Waals surface area contributed by atoms with Crippen LogP contribution in [0.4, 0.5) is 0 Å². The molecule has 0 amide bonds. The molecule has 2 rings (SSSR count). The summed E-state index contributed by atoms with van der Waals surface area (Å²) >= 11 is 6.11. The van der Waals surface area contributed by atoms with E-state index in [1.807, 2.05) is 18.2 Å². The topological polar surface area (TPSA) is 50.5 Å². The lowest BCUT2D eigenvalue weighted by Gasteiger charge is -2.29. The number of nitrogens with two attached hydrogens (primary N) is 1. The second-order valence-electron chi connectivity index (χ2n) is 4.55. The molecule has 0 radical (unpaired) electrons. The summed E-state index contributed by atoms with van der Waals surface area (Å²) in [5.41, 5.74) is 7.28. The summed E-state index contributed by atoms with van der Waals surface area (Å²) in [4.78, 5) is 2.37. The van der Waals surface area contributed by atoms with E-state index in [0.717, 1.165) is 38.3 Å². The average Bonchev–Trinajstić information content (AvgIpc) is 2.39. The van der Waals surface area contributed by atoms with Crippen LogP contribution in [0.15, 0.2) is 18.2 Å². The van der Waals surface area contributed by atoms with Crippen LogP contribution in [0.3, 0.4) is 0 Å². The average molecular weight is 270 g/mol. The largest absolute Gasteiger partial charge is 0.495 e. The van der Waals surface area contributed by atoms with Crippen molar-refractivity contribution in [3.63, 3.8) is 0 Å². The highest BCUT2D eigenvalue weighted by Crippen LogP contribution is 2.27. The maximum absolute atomic E-state index is 6.22. The van der Waals surface area contributed by atoms with Gasteiger partial charge in [-0.05, 0) is 17.7 Å². The summed E-state index contributed by atoms with van der Waals surface area (Å²) in [7, 11) is 1.61. The second kappa shape index (κ2) is 6.38. The molecule has 0 bridgehead atoms. The first kappa shape index (κ1) is 13.6. The predicted molar refractivity (Wildman–Crippen MR) is 74.2 cm³/mol. The zero-order valence-electron chi connectivity index (χ0n) is 10.7. The summed E-state index contributed by atoms with van der Waals surface area (Å²) < 4.78 is 5.14. The van der Waals surface area contributed by atoms with Gasteiger partial charge in [-0.15, -0.1) is 0 Å². The standard InChI is InChI=1S/C13H20ClN3O/c1-18-13-3-2-10(8-11(13)14)12(15)9-17-6-4-16-5-7-17/h2-3,8,12,16H,4-7,9,15H2,1H3. The minimum Gasteiger partial charge on any atom is -0.495 e. The Labute approximate surface area is 113 Å². The Balaban J connectivity index is 1.99. The zero-order chi connectivity index (χ0) is 13.0. The van der Waals surface area contributed by atoms with Crippen molar-refractivity contribution in [3.05, 3.63) is 28.8 Å². The van der Waals surface area contributed by atoms with E-state index in [4.69, 9.17) is 22.1 Å². The summed E-state index contributed by atoms with van der Waals surface area (Å²) in [5, 5.41) is 3.95. The predicted octanol–water partition coefficient (Wildman–Crippen LogP) is 1.25. The van der Waals surface area contributed by atoms with Crippen LogP contribution < -0.4 is 15.8 Å². The van der Waals surface area contributed by atoms with Gasteiger partial charge in [0.25, 0.3) is 0 Å². The number of nitrogens with zero attached hydrogens (tertiary/aromatic N) is 1. The Kier molecular flexibility index (Phi) is 4.83. The molecule has 100 valence electrons. The quantitative estimate of drug-likeness (QED) is 0.864. The lowest BCUT2D eigenvalue weighted by Crippen LogP contribution is -2.45. The molecule has 1 unspecified atom stereocenters. The second-order valence-corrected chi connectivity index (χ2v) is 4.96. The minimum atomic E-state index is -0.00786. The monoisotopic (exact) mass is 269 g/mol. The van der Waals surface area contributed by atoms with Crippen molar-refractivity contribution in [2.24, 2.45) is 5.73 Å². The number of halogens is 1. The number of ether oxygens (including phenoxy) is 1. The molecule has 0 spiro atoms. The molecule has 3 N–H and O–H groups in total. The molecule has 4 nitrogen and oxygen atoms in total. The highest BCUT2D eigenvalue weighted by atomic mass is 35.5. The van der Waals surface area contributed by atoms with Gasteiger partial charge in [0, 0.05) is 38.8 Å². The molecule has 0 aliphatic carbocycles. The summed E-state index contributed by atoms with van der Waals surface area (Å²) in [5.74, 6) is 0.690. The van der Waals surface area contributed by atoms with Gasteiger partial charge in [-0.3, -0.25) is 4.90 Å². The number of piperazine rings is 1. The van der Waals surface area contributed by atoms with E-state index in [2.05, 4.69) is 10.2 Å². The molecule has 18 heavy (non-hydrogen) atoms. The molecule has 1 aliphatic rings. The number of hydrogen-bond acceptors (Lipinski definition) is 4. The van der Waals surface area contributed by atoms with Crippen LogP contribution in [0.2, 0.25) is 5.02 Å². The SMILES string of the molecule is COc1ccc(C(N)CN2CCNCC2)cc1Cl. The summed E-state index contributed by atoms with van der Waals surface area (Å²) in [6.45, 7) is 5.05. The van der Waals surface area contributed by atoms with Gasteiger partial charge in [0.05, 0.1) is 12.1 Å². The van der Waals surface area contributed by atoms with Gasteiger partial charge in [-0.1, -0.05) is 17.7 Å². The third-order valence-electron chi connectivity index (χ3n) is 3.27. The van der Waals surface area contributed by atoms with Crippen LogP contribution >= 0.6 is 11.6 Å². The van der Waals surface area contributed by atoms with Crippen molar-refractivity contribution in [2.75, 3.05) is 39.8 Å². The first-order chi connectivity index (χ1) is 8.70. The molecule has 0 saturated carbocycles. The molecule has 1 atom stereocenters. The minimum absolute atomic E-state index is 0.00786. The van der Waals surface area contributed by atoms with Crippen molar-refractivity contribution in [1.82, 2.24) is 10.2 Å². The van der Waals surface area contributed by atoms with Gasteiger partial charge < -0.3 is 15.8 Å². The number of hydrogen-bond donors (Lipinski definition) is 2. The molecular formula is C13H20ClN3O. The van der Waals surface area contributed by atoms with E-state index >= 15 is 0 Å². The Morgan fingerprint density at radius 3 is 2.78 bits per heavy atom. The van der Waals surface area contributed by atoms with Gasteiger partial charge in [0.1, 0.15) is 5.75 Å². The number of nitrogens with one attached hydrogen (secondary N) is 1. The summed E-state index contributed by atoms with van der Waals surface area (Å²) in [6, 6.07) is 5.74. The lowest BCUT2D eigenvalue weighted by atomic mass is 10.1. The van der Waals surface area contributed by atoms with E-state index in [0.29, 0.717) is 10.8 Å². The number of benzene rings is 1. The third-order valence-corrected chi connectivity index (χ3v) is 3.56. The molecule has 1 saturated heterocycles. The van der Waals surface area contributed by atoms with Gasteiger partial charge >= 0.3 is 0 Å². The van der Waals surface area contributed by atoms with E-state index in [1.54, 1.807) is 7.11 Å². The van der Waals surface area contributed by atoms with E-state index in [-0.39, 0.29) is 6.04 Å². The first-order valence-electron chi connectivity index (χ1n) is 6.23. The van der Waals surface area contributed by atoms with Crippen molar-refractivity contribution < 1.29 is 4.74 Å². The van der Waals surface area contributed by atoms with Crippen molar-refractivity contribution in [1.29, 1.82) is 0 Å². The third kappa shape index (κ3) is 3.36. The lowest BCUT2D eigenvalue weighted by molar-refractivity contribution is 0.228. The van der Waals surface area contributed by atoms with Crippen LogP contribution in [0.25, 0.3) is 0 Å². The van der Waals surface area contributed by atoms with Gasteiger partial charge in [-0.25, -0.2) is 0 Å². The fourth-order valence-corrected chi connectivity index (χ4v) is 2.46. The molecule has 0 aromatic heterocycles. The Hall–Kier alpha value is -0.810. The Bertz CT molecular complexity index is 394. The maximum Gasteiger partial charge on any atom is 0.137 e. The van der Waals surface area contributed by atoms with Crippen LogP contribution in [0.5, 0.6) is 5.75 Å². The fourth-order valence-electron chi connectivity index (χ4n) is 2.19. The number of rotatable bonds is 4.